The molecule has 0 bridgehead atoms. The number of carbonyl (C=O) groups is 2. The van der Waals surface area contributed by atoms with Crippen molar-refractivity contribution in [1.29, 1.82) is 0 Å². The molecule has 7 heteroatoms. The van der Waals surface area contributed by atoms with Gasteiger partial charge in [-0.15, -0.1) is 11.3 Å². The number of aliphatic hydroxyl groups is 1. The van der Waals surface area contributed by atoms with Crippen LogP contribution in [-0.4, -0.2) is 52.5 Å². The molecule has 6 nitrogen and oxygen atoms in total. The summed E-state index contributed by atoms with van der Waals surface area (Å²) < 4.78 is 1.15. The van der Waals surface area contributed by atoms with Crippen molar-refractivity contribution in [2.45, 2.75) is 32.2 Å². The molecular weight excluding hydrogens is 410 g/mol. The minimum atomic E-state index is -0.422. The molecule has 2 aliphatic rings. The van der Waals surface area contributed by atoms with Gasteiger partial charge in [0, 0.05) is 18.7 Å². The number of thiazole rings is 1. The van der Waals surface area contributed by atoms with Gasteiger partial charge in [-0.25, -0.2) is 9.88 Å². The van der Waals surface area contributed by atoms with Crippen LogP contribution in [0.1, 0.15) is 24.8 Å². The molecule has 2 aliphatic heterocycles. The number of imide groups is 1. The number of aryl methyl sites for hydroxylation is 1. The predicted octanol–water partition coefficient (Wildman–Crippen LogP) is 3.61. The molecule has 0 radical (unpaired) electrons. The van der Waals surface area contributed by atoms with Gasteiger partial charge < -0.3 is 5.11 Å². The second kappa shape index (κ2) is 8.15. The lowest BCUT2D eigenvalue weighted by atomic mass is 9.97. The highest BCUT2D eigenvalue weighted by molar-refractivity contribution is 7.21. The maximum atomic E-state index is 13.1. The van der Waals surface area contributed by atoms with Crippen molar-refractivity contribution in [1.82, 2.24) is 9.88 Å². The van der Waals surface area contributed by atoms with E-state index < -0.39 is 6.04 Å². The summed E-state index contributed by atoms with van der Waals surface area (Å²) in [5.41, 5.74) is 3.76. The first-order chi connectivity index (χ1) is 15.0. The van der Waals surface area contributed by atoms with Crippen LogP contribution in [0, 0.1) is 12.8 Å². The van der Waals surface area contributed by atoms with Gasteiger partial charge in [0.2, 0.25) is 5.91 Å². The van der Waals surface area contributed by atoms with Crippen LogP contribution >= 0.6 is 11.3 Å². The molecule has 2 aromatic carbocycles. The molecule has 0 spiro atoms. The number of fused-ring (bicyclic) bond motifs is 1. The predicted molar refractivity (Wildman–Crippen MR) is 122 cm³/mol. The standard InChI is InChI=1S/C24H25N3O3S/c1-15-4-9-19-21(11-15)31-23(25-19)17-5-7-18(8-6-17)27-22(29)12-20(24(27)30)26-10-2-3-16(13-26)14-28/h4-9,11,16,20,28H,2-3,10,12-14H2,1H3/t16-,20-/m0/s1. The molecule has 2 atom stereocenters. The molecular formula is C24H25N3O3S. The molecule has 5 rings (SSSR count). The molecule has 3 aromatic rings. The van der Waals surface area contributed by atoms with Gasteiger partial charge >= 0.3 is 0 Å². The van der Waals surface area contributed by atoms with Gasteiger partial charge in [-0.1, -0.05) is 6.07 Å². The molecule has 31 heavy (non-hydrogen) atoms. The summed E-state index contributed by atoms with van der Waals surface area (Å²) in [6.07, 6.45) is 2.12. The lowest BCUT2D eigenvalue weighted by Gasteiger charge is -2.34. The number of amides is 2. The number of anilines is 1. The third kappa shape index (κ3) is 3.78. The van der Waals surface area contributed by atoms with Gasteiger partial charge in [-0.05, 0) is 74.2 Å². The Morgan fingerprint density at radius 3 is 2.74 bits per heavy atom. The number of carbonyl (C=O) groups excluding carboxylic acids is 2. The second-order valence-corrected chi connectivity index (χ2v) is 9.54. The lowest BCUT2D eigenvalue weighted by Crippen LogP contribution is -2.47. The largest absolute Gasteiger partial charge is 0.396 e. The van der Waals surface area contributed by atoms with Crippen molar-refractivity contribution < 1.29 is 14.7 Å². The molecule has 0 aliphatic carbocycles. The topological polar surface area (TPSA) is 73.7 Å². The summed E-state index contributed by atoms with van der Waals surface area (Å²) in [4.78, 5) is 33.9. The molecule has 0 saturated carbocycles. The number of piperidine rings is 1. The average Bonchev–Trinajstić information content (AvgIpc) is 3.34. The first-order valence-electron chi connectivity index (χ1n) is 10.7. The number of nitrogens with zero attached hydrogens (tertiary/aromatic N) is 3. The van der Waals surface area contributed by atoms with Crippen LogP contribution in [0.4, 0.5) is 5.69 Å². The highest BCUT2D eigenvalue weighted by Crippen LogP contribution is 2.33. The van der Waals surface area contributed by atoms with E-state index in [4.69, 9.17) is 4.98 Å². The Morgan fingerprint density at radius 2 is 1.97 bits per heavy atom. The number of aliphatic hydroxyl groups excluding tert-OH is 1. The smallest absolute Gasteiger partial charge is 0.251 e. The van der Waals surface area contributed by atoms with Gasteiger partial charge in [-0.3, -0.25) is 14.5 Å². The Hall–Kier alpha value is -2.61. The molecule has 1 N–H and O–H groups in total. The Balaban J connectivity index is 1.36. The monoisotopic (exact) mass is 435 g/mol. The van der Waals surface area contributed by atoms with E-state index in [1.165, 1.54) is 10.5 Å². The number of hydrogen-bond donors (Lipinski definition) is 1. The maximum Gasteiger partial charge on any atom is 0.251 e. The Bertz CT molecular complexity index is 1140. The molecule has 2 amide bonds. The Morgan fingerprint density at radius 1 is 1.16 bits per heavy atom. The zero-order valence-electron chi connectivity index (χ0n) is 17.5. The SMILES string of the molecule is Cc1ccc2nc(-c3ccc(N4C(=O)C[C@H](N5CCC[C@H](CO)C5)C4=O)cc3)sc2c1. The van der Waals surface area contributed by atoms with Crippen molar-refractivity contribution in [3.63, 3.8) is 0 Å². The van der Waals surface area contributed by atoms with Gasteiger partial charge in [0.15, 0.2) is 0 Å². The second-order valence-electron chi connectivity index (χ2n) is 8.51. The van der Waals surface area contributed by atoms with Crippen molar-refractivity contribution in [2.75, 3.05) is 24.6 Å². The average molecular weight is 436 g/mol. The molecule has 2 saturated heterocycles. The van der Waals surface area contributed by atoms with Gasteiger partial charge in [-0.2, -0.15) is 0 Å². The fraction of sp³-hybridized carbons (Fsp3) is 0.375. The van der Waals surface area contributed by atoms with E-state index in [2.05, 4.69) is 24.0 Å². The van der Waals surface area contributed by atoms with Crippen LogP contribution in [0.5, 0.6) is 0 Å². The number of aromatic nitrogens is 1. The van der Waals surface area contributed by atoms with Crippen molar-refractivity contribution in [3.05, 3.63) is 48.0 Å². The third-order valence-corrected chi connectivity index (χ3v) is 7.36. The first kappa shape index (κ1) is 20.3. The zero-order valence-corrected chi connectivity index (χ0v) is 18.3. The van der Waals surface area contributed by atoms with E-state index in [0.29, 0.717) is 12.2 Å². The number of rotatable bonds is 4. The normalized spacial score (nSPS) is 22.6. The fourth-order valence-electron chi connectivity index (χ4n) is 4.61. The van der Waals surface area contributed by atoms with E-state index in [0.717, 1.165) is 40.2 Å². The van der Waals surface area contributed by atoms with Crippen LogP contribution in [-0.2, 0) is 9.59 Å². The zero-order chi connectivity index (χ0) is 21.5. The summed E-state index contributed by atoms with van der Waals surface area (Å²) in [5, 5.41) is 10.4. The van der Waals surface area contributed by atoms with Crippen LogP contribution in [0.2, 0.25) is 0 Å². The van der Waals surface area contributed by atoms with E-state index in [9.17, 15) is 14.7 Å². The van der Waals surface area contributed by atoms with Crippen LogP contribution in [0.15, 0.2) is 42.5 Å². The lowest BCUT2D eigenvalue weighted by molar-refractivity contribution is -0.123. The number of benzene rings is 2. The van der Waals surface area contributed by atoms with Gasteiger partial charge in [0.1, 0.15) is 5.01 Å². The quantitative estimate of drug-likeness (QED) is 0.634. The van der Waals surface area contributed by atoms with Crippen molar-refractivity contribution >= 4 is 39.1 Å². The highest BCUT2D eigenvalue weighted by Gasteiger charge is 2.43. The number of likely N-dealkylation sites (tertiary alicyclic amines) is 1. The Labute approximate surface area is 185 Å². The van der Waals surface area contributed by atoms with E-state index in [1.54, 1.807) is 11.3 Å². The summed E-state index contributed by atoms with van der Waals surface area (Å²) in [5.74, 6) is -0.140. The van der Waals surface area contributed by atoms with Crippen molar-refractivity contribution in [2.24, 2.45) is 5.92 Å². The molecule has 0 unspecified atom stereocenters. The Kier molecular flexibility index (Phi) is 5.33. The molecule has 2 fully saturated rings. The molecule has 1 aromatic heterocycles. The molecule has 160 valence electrons. The summed E-state index contributed by atoms with van der Waals surface area (Å²) in [6.45, 7) is 3.66. The fourth-order valence-corrected chi connectivity index (χ4v) is 5.68. The van der Waals surface area contributed by atoms with Crippen LogP contribution < -0.4 is 4.90 Å². The van der Waals surface area contributed by atoms with E-state index >= 15 is 0 Å². The minimum Gasteiger partial charge on any atom is -0.396 e. The minimum absolute atomic E-state index is 0.127. The summed E-state index contributed by atoms with van der Waals surface area (Å²) >= 11 is 1.64. The summed E-state index contributed by atoms with van der Waals surface area (Å²) in [7, 11) is 0. The van der Waals surface area contributed by atoms with E-state index in [-0.39, 0.29) is 30.8 Å². The van der Waals surface area contributed by atoms with Gasteiger partial charge in [0.05, 0.1) is 28.4 Å². The third-order valence-electron chi connectivity index (χ3n) is 6.29. The van der Waals surface area contributed by atoms with Crippen LogP contribution in [0.3, 0.4) is 0 Å². The first-order valence-corrected chi connectivity index (χ1v) is 11.5. The maximum absolute atomic E-state index is 13.1. The van der Waals surface area contributed by atoms with E-state index in [1.807, 2.05) is 30.3 Å². The van der Waals surface area contributed by atoms with Crippen molar-refractivity contribution in [3.8, 4) is 10.6 Å². The number of hydrogen-bond acceptors (Lipinski definition) is 6. The summed E-state index contributed by atoms with van der Waals surface area (Å²) in [6, 6.07) is 13.3. The molecule has 3 heterocycles. The van der Waals surface area contributed by atoms with Gasteiger partial charge in [0.25, 0.3) is 5.91 Å². The van der Waals surface area contributed by atoms with Crippen LogP contribution in [0.25, 0.3) is 20.8 Å². The highest BCUT2D eigenvalue weighted by atomic mass is 32.1.